The monoisotopic (exact) mass is 436 g/mol. The predicted octanol–water partition coefficient (Wildman–Crippen LogP) is 5.23. The molecule has 0 atom stereocenters. The lowest BCUT2D eigenvalue weighted by Crippen LogP contribution is -2.35. The first kappa shape index (κ1) is 21.4. The highest BCUT2D eigenvalue weighted by atomic mass is 32.1. The lowest BCUT2D eigenvalue weighted by molar-refractivity contribution is 0.0745. The second-order valence-electron chi connectivity index (χ2n) is 7.91. The predicted molar refractivity (Wildman–Crippen MR) is 124 cm³/mol. The summed E-state index contributed by atoms with van der Waals surface area (Å²) in [6.45, 7) is 3.40. The van der Waals surface area contributed by atoms with E-state index >= 15 is 0 Å². The molecule has 6 heteroatoms. The lowest BCUT2D eigenvalue weighted by atomic mass is 10.1. The van der Waals surface area contributed by atoms with Gasteiger partial charge in [0.2, 0.25) is 0 Å². The minimum Gasteiger partial charge on any atom is -0.493 e. The van der Waals surface area contributed by atoms with E-state index in [1.54, 1.807) is 25.6 Å². The first-order valence-electron chi connectivity index (χ1n) is 10.6. The largest absolute Gasteiger partial charge is 0.493 e. The summed E-state index contributed by atoms with van der Waals surface area (Å²) in [6.07, 6.45) is 3.14. The van der Waals surface area contributed by atoms with E-state index in [-0.39, 0.29) is 5.91 Å². The Morgan fingerprint density at radius 2 is 1.84 bits per heavy atom. The molecule has 3 aromatic rings. The smallest absolute Gasteiger partial charge is 0.274 e. The number of thiazole rings is 1. The van der Waals surface area contributed by atoms with Gasteiger partial charge in [-0.05, 0) is 55.4 Å². The average Bonchev–Trinajstić information content (AvgIpc) is 3.54. The molecule has 1 amide bonds. The van der Waals surface area contributed by atoms with Gasteiger partial charge in [0.15, 0.2) is 11.5 Å². The summed E-state index contributed by atoms with van der Waals surface area (Å²) in [5, 5.41) is 0.911. The molecule has 5 nitrogen and oxygen atoms in total. The Morgan fingerprint density at radius 1 is 1.10 bits per heavy atom. The normalized spacial score (nSPS) is 13.1. The molecule has 0 N–H and O–H groups in total. The van der Waals surface area contributed by atoms with Crippen LogP contribution in [-0.2, 0) is 6.42 Å². The minimum atomic E-state index is 0.0237. The van der Waals surface area contributed by atoms with Crippen LogP contribution in [0.1, 0.15) is 33.9 Å². The van der Waals surface area contributed by atoms with Crippen molar-refractivity contribution in [3.05, 3.63) is 64.8 Å². The van der Waals surface area contributed by atoms with Crippen molar-refractivity contribution in [3.63, 3.8) is 0 Å². The van der Waals surface area contributed by atoms with Crippen LogP contribution in [0.15, 0.2) is 48.5 Å². The van der Waals surface area contributed by atoms with Gasteiger partial charge in [0.1, 0.15) is 5.69 Å². The number of nitrogens with zero attached hydrogens (tertiary/aromatic N) is 2. The fourth-order valence-electron chi connectivity index (χ4n) is 3.70. The van der Waals surface area contributed by atoms with Crippen LogP contribution in [0.3, 0.4) is 0 Å². The maximum absolute atomic E-state index is 13.6. The second-order valence-corrected chi connectivity index (χ2v) is 9.11. The fourth-order valence-corrected chi connectivity index (χ4v) is 4.61. The molecule has 0 aliphatic heterocycles. The van der Waals surface area contributed by atoms with Crippen molar-refractivity contribution in [2.75, 3.05) is 27.3 Å². The molecule has 31 heavy (non-hydrogen) atoms. The van der Waals surface area contributed by atoms with E-state index in [0.29, 0.717) is 29.7 Å². The molecule has 1 heterocycles. The van der Waals surface area contributed by atoms with Gasteiger partial charge in [-0.1, -0.05) is 36.4 Å². The molecule has 0 radical (unpaired) electrons. The highest BCUT2D eigenvalue weighted by Gasteiger charge is 2.29. The van der Waals surface area contributed by atoms with Crippen LogP contribution < -0.4 is 9.47 Å². The third-order valence-corrected chi connectivity index (χ3v) is 6.57. The molecule has 0 spiro atoms. The first-order chi connectivity index (χ1) is 15.1. The third-order valence-electron chi connectivity index (χ3n) is 5.55. The van der Waals surface area contributed by atoms with Gasteiger partial charge in [0.25, 0.3) is 5.91 Å². The van der Waals surface area contributed by atoms with Crippen molar-refractivity contribution in [1.29, 1.82) is 0 Å². The zero-order chi connectivity index (χ0) is 21.8. The Bertz CT molecular complexity index is 1040. The van der Waals surface area contributed by atoms with Crippen LogP contribution >= 0.6 is 11.3 Å². The van der Waals surface area contributed by atoms with Crippen molar-refractivity contribution < 1.29 is 14.3 Å². The van der Waals surface area contributed by atoms with Gasteiger partial charge >= 0.3 is 0 Å². The van der Waals surface area contributed by atoms with Crippen molar-refractivity contribution in [1.82, 2.24) is 9.88 Å². The Hall–Kier alpha value is -2.86. The van der Waals surface area contributed by atoms with Gasteiger partial charge in [-0.3, -0.25) is 4.79 Å². The molecule has 162 valence electrons. The maximum atomic E-state index is 13.6. The number of methoxy groups -OCH3 is 2. The molecule has 1 saturated carbocycles. The highest BCUT2D eigenvalue weighted by Crippen LogP contribution is 2.34. The van der Waals surface area contributed by atoms with E-state index in [0.717, 1.165) is 34.0 Å². The first-order valence-corrected chi connectivity index (χ1v) is 11.4. The van der Waals surface area contributed by atoms with Gasteiger partial charge in [0, 0.05) is 13.1 Å². The molecule has 1 fully saturated rings. The number of ether oxygens (including phenoxy) is 2. The van der Waals surface area contributed by atoms with E-state index in [9.17, 15) is 4.79 Å². The maximum Gasteiger partial charge on any atom is 0.274 e. The van der Waals surface area contributed by atoms with Gasteiger partial charge in [-0.2, -0.15) is 0 Å². The third kappa shape index (κ3) is 5.07. The number of rotatable bonds is 9. The SMILES string of the molecule is COc1ccc(CCN(CC2CC2)C(=O)c2nc(C)sc2-c2ccccc2)cc1OC. The van der Waals surface area contributed by atoms with Crippen molar-refractivity contribution in [2.45, 2.75) is 26.2 Å². The number of aryl methyl sites for hydroxylation is 1. The standard InChI is InChI=1S/C25H28N2O3S/c1-17-26-23(24(31-17)20-7-5-4-6-8-20)25(28)27(16-19-9-10-19)14-13-18-11-12-21(29-2)22(15-18)30-3/h4-8,11-12,15,19H,9-10,13-14,16H2,1-3H3. The molecule has 0 saturated heterocycles. The highest BCUT2D eigenvalue weighted by molar-refractivity contribution is 7.15. The summed E-state index contributed by atoms with van der Waals surface area (Å²) >= 11 is 1.58. The summed E-state index contributed by atoms with van der Waals surface area (Å²) in [4.78, 5) is 21.2. The van der Waals surface area contributed by atoms with E-state index < -0.39 is 0 Å². The van der Waals surface area contributed by atoms with Crippen molar-refractivity contribution in [3.8, 4) is 21.9 Å². The Labute approximate surface area is 187 Å². The molecular weight excluding hydrogens is 408 g/mol. The second kappa shape index (κ2) is 9.52. The molecule has 0 unspecified atom stereocenters. The topological polar surface area (TPSA) is 51.7 Å². The van der Waals surface area contributed by atoms with E-state index in [1.165, 1.54) is 12.8 Å². The molecule has 1 aliphatic carbocycles. The Balaban J connectivity index is 1.56. The number of hydrogen-bond donors (Lipinski definition) is 0. The quantitative estimate of drug-likeness (QED) is 0.461. The Morgan fingerprint density at radius 3 is 2.52 bits per heavy atom. The minimum absolute atomic E-state index is 0.0237. The van der Waals surface area contributed by atoms with Gasteiger partial charge in [-0.25, -0.2) is 4.98 Å². The van der Waals surface area contributed by atoms with Gasteiger partial charge < -0.3 is 14.4 Å². The number of carbonyl (C=O) groups excluding carboxylic acids is 1. The molecule has 1 aliphatic rings. The lowest BCUT2D eigenvalue weighted by Gasteiger charge is -2.23. The molecule has 2 aromatic carbocycles. The van der Waals surface area contributed by atoms with Crippen LogP contribution in [0.2, 0.25) is 0 Å². The number of hydrogen-bond acceptors (Lipinski definition) is 5. The molecule has 1 aromatic heterocycles. The average molecular weight is 437 g/mol. The summed E-state index contributed by atoms with van der Waals surface area (Å²) in [5.74, 6) is 2.05. The van der Waals surface area contributed by atoms with E-state index in [1.807, 2.05) is 60.4 Å². The summed E-state index contributed by atoms with van der Waals surface area (Å²) < 4.78 is 10.8. The van der Waals surface area contributed by atoms with E-state index in [2.05, 4.69) is 4.98 Å². The Kier molecular flexibility index (Phi) is 6.56. The van der Waals surface area contributed by atoms with Crippen molar-refractivity contribution in [2.24, 2.45) is 5.92 Å². The van der Waals surface area contributed by atoms with Gasteiger partial charge in [-0.15, -0.1) is 11.3 Å². The van der Waals surface area contributed by atoms with Crippen molar-refractivity contribution >= 4 is 17.2 Å². The van der Waals surface area contributed by atoms with Crippen LogP contribution in [0.25, 0.3) is 10.4 Å². The number of benzene rings is 2. The van der Waals surface area contributed by atoms with Crippen LogP contribution in [0.5, 0.6) is 11.5 Å². The number of carbonyl (C=O) groups is 1. The van der Waals surface area contributed by atoms with E-state index in [4.69, 9.17) is 9.47 Å². The van der Waals surface area contributed by atoms with Crippen LogP contribution in [0, 0.1) is 12.8 Å². The molecule has 4 rings (SSSR count). The zero-order valence-electron chi connectivity index (χ0n) is 18.3. The molecule has 0 bridgehead atoms. The fraction of sp³-hybridized carbons (Fsp3) is 0.360. The zero-order valence-corrected chi connectivity index (χ0v) is 19.1. The molecular formula is C25H28N2O3S. The summed E-state index contributed by atoms with van der Waals surface area (Å²) in [5.41, 5.74) is 2.73. The number of aromatic nitrogens is 1. The van der Waals surface area contributed by atoms with Gasteiger partial charge in [0.05, 0.1) is 24.1 Å². The number of amides is 1. The summed E-state index contributed by atoms with van der Waals surface area (Å²) in [7, 11) is 3.27. The van der Waals surface area contributed by atoms with Crippen LogP contribution in [-0.4, -0.2) is 43.1 Å². The van der Waals surface area contributed by atoms with Crippen LogP contribution in [0.4, 0.5) is 0 Å². The summed E-state index contributed by atoms with van der Waals surface area (Å²) in [6, 6.07) is 16.0.